The zero-order chi connectivity index (χ0) is 44.3. The average molecular weight is 940 g/mol. The number of methoxy groups -OCH3 is 1. The molecule has 1 aromatic carbocycles. The van der Waals surface area contributed by atoms with Gasteiger partial charge in [-0.25, -0.2) is 4.58 Å². The van der Waals surface area contributed by atoms with Crippen LogP contribution < -0.4 is 73.9 Å². The summed E-state index contributed by atoms with van der Waals surface area (Å²) in [4.78, 5) is 13.1. The normalized spacial score (nSPS) is 16.3. The first kappa shape index (κ1) is 57.1. The van der Waals surface area contributed by atoms with Crippen molar-refractivity contribution in [3.8, 4) is 11.3 Å². The molecule has 20 heteroatoms. The number of carboxylic acid groups (broad SMARTS) is 1. The number of ether oxygens (including phenoxy) is 5. The van der Waals surface area contributed by atoms with Gasteiger partial charge in [0.2, 0.25) is 5.36 Å². The summed E-state index contributed by atoms with van der Waals surface area (Å²) < 4.78 is 102. The fourth-order valence-electron chi connectivity index (χ4n) is 7.21. The Morgan fingerprint density at radius 1 is 0.841 bits per heavy atom. The number of anilines is 1. The summed E-state index contributed by atoms with van der Waals surface area (Å²) in [6, 6.07) is 12.2. The number of fused-ring (bicyclic) bond motifs is 2. The maximum absolute atomic E-state index is 12.4. The van der Waals surface area contributed by atoms with Crippen LogP contribution in [0.3, 0.4) is 0 Å². The molecule has 1 unspecified atom stereocenters. The summed E-state index contributed by atoms with van der Waals surface area (Å²) in [5, 5.41) is 10.0. The van der Waals surface area contributed by atoms with Gasteiger partial charge in [-0.2, -0.15) is 16.8 Å². The summed E-state index contributed by atoms with van der Waals surface area (Å²) in [6.45, 7) is 9.35. The van der Waals surface area contributed by atoms with Gasteiger partial charge in [0.1, 0.15) is 18.8 Å². The van der Waals surface area contributed by atoms with Crippen LogP contribution in [0.15, 0.2) is 75.9 Å². The second-order valence-electron chi connectivity index (χ2n) is 14.7. The molecule has 338 valence electrons. The molecule has 3 N–H and O–H groups in total. The van der Waals surface area contributed by atoms with Crippen LogP contribution in [0.5, 0.6) is 0 Å². The summed E-state index contributed by atoms with van der Waals surface area (Å²) in [5.41, 5.74) is 3.33. The number of rotatable bonds is 29. The van der Waals surface area contributed by atoms with Gasteiger partial charge in [-0.05, 0) is 80.6 Å². The minimum atomic E-state index is -4.51. The summed E-state index contributed by atoms with van der Waals surface area (Å²) in [5.74, 6) is -0.556. The van der Waals surface area contributed by atoms with Crippen LogP contribution in [0.4, 0.5) is 5.69 Å². The number of benzene rings is 2. The predicted molar refractivity (Wildman–Crippen MR) is 231 cm³/mol. The van der Waals surface area contributed by atoms with Gasteiger partial charge in [0.15, 0.2) is 0 Å². The Bertz CT molecular complexity index is 2200. The van der Waals surface area contributed by atoms with Gasteiger partial charge in [-0.15, -0.1) is 0 Å². The van der Waals surface area contributed by atoms with E-state index < -0.39 is 31.6 Å². The van der Waals surface area contributed by atoms with Crippen molar-refractivity contribution in [2.24, 2.45) is 0 Å². The molecule has 63 heavy (non-hydrogen) atoms. The van der Waals surface area contributed by atoms with Gasteiger partial charge in [-0.1, -0.05) is 18.6 Å². The molecule has 1 atom stereocenters. The van der Waals surface area contributed by atoms with E-state index in [1.54, 1.807) is 19.4 Å². The number of hydrogen-bond donors (Lipinski definition) is 3. The Hall–Kier alpha value is -1.98. The molecule has 1 aliphatic carbocycles. The van der Waals surface area contributed by atoms with Crippen molar-refractivity contribution in [2.45, 2.75) is 62.7 Å². The van der Waals surface area contributed by atoms with Crippen molar-refractivity contribution in [1.82, 2.24) is 4.58 Å². The molecule has 0 aromatic heterocycles. The van der Waals surface area contributed by atoms with Crippen molar-refractivity contribution >= 4 is 38.0 Å². The maximum Gasteiger partial charge on any atom is 1.00 e. The summed E-state index contributed by atoms with van der Waals surface area (Å²) >= 11 is 0. The van der Waals surface area contributed by atoms with E-state index in [-0.39, 0.29) is 82.6 Å². The molecule has 2 heterocycles. The van der Waals surface area contributed by atoms with Gasteiger partial charge in [0.05, 0.1) is 75.8 Å². The second kappa shape index (κ2) is 28.9. The number of allylic oxidation sites excluding steroid dienone is 3. The second-order valence-corrected chi connectivity index (χ2v) is 17.7. The zero-order valence-corrected chi connectivity index (χ0v) is 43.0. The number of carboxylic acids is 1. The Labute approximate surface area is 416 Å². The van der Waals surface area contributed by atoms with Crippen LogP contribution in [0, 0.1) is 0 Å². The molecular formula is C43H61N2Na2O14S2+3. The van der Waals surface area contributed by atoms with Crippen LogP contribution in [-0.2, 0) is 54.1 Å². The molecule has 0 fully saturated rings. The number of nitrogens with zero attached hydrogens (tertiary/aromatic N) is 2. The van der Waals surface area contributed by atoms with E-state index in [1.165, 1.54) is 12.1 Å². The van der Waals surface area contributed by atoms with Gasteiger partial charge in [0.25, 0.3) is 20.2 Å². The van der Waals surface area contributed by atoms with Crippen molar-refractivity contribution in [2.75, 3.05) is 96.9 Å². The topological polar surface area (TPSA) is 212 Å². The molecule has 16 nitrogen and oxygen atoms in total. The third-order valence-electron chi connectivity index (χ3n) is 10.4. The third-order valence-corrected chi connectivity index (χ3v) is 12.1. The van der Waals surface area contributed by atoms with E-state index in [1.807, 2.05) is 60.9 Å². The van der Waals surface area contributed by atoms with Crippen molar-refractivity contribution in [3.63, 3.8) is 0 Å². The molecule has 1 aromatic rings. The number of unbranched alkanes of at least 4 members (excludes halogenated alkanes) is 2. The molecule has 0 saturated carbocycles. The minimum Gasteiger partial charge on any atom is -0.481 e. The standard InChI is InChI=1S/C43H60N2O14S2.2Na/c1-4-44(19-9-31-60(48,49)50)35-13-15-37-34(17-21-59-40(37)32-35)10-8-11-41-43(2,18-22-55-25-26-57-29-30-58-28-27-56-24-23-54-3)38-33-36(61(51,52)53)14-16-39(38)45(41)20-7-5-6-12-42(46)47;;/h8,10-11,13-17,21,32-33H,4-7,9,12,18-20,22-31H2,1-3H3,(H2-,46,47,48,49,50,51,52,53);;/q;2*+1/p+1. The van der Waals surface area contributed by atoms with E-state index in [2.05, 4.69) is 4.90 Å². The zero-order valence-electron chi connectivity index (χ0n) is 37.3. The minimum absolute atomic E-state index is 0. The van der Waals surface area contributed by atoms with E-state index >= 15 is 0 Å². The first-order chi connectivity index (χ1) is 29.2. The summed E-state index contributed by atoms with van der Waals surface area (Å²) in [7, 11) is -6.95. The van der Waals surface area contributed by atoms with E-state index in [4.69, 9.17) is 32.7 Å². The van der Waals surface area contributed by atoms with Gasteiger partial charge in [-0.3, -0.25) is 13.9 Å². The molecule has 0 bridgehead atoms. The Morgan fingerprint density at radius 3 is 2.10 bits per heavy atom. The monoisotopic (exact) mass is 939 g/mol. The molecule has 0 spiro atoms. The fourth-order valence-corrected chi connectivity index (χ4v) is 8.21. The molecule has 2 aliphatic heterocycles. The van der Waals surface area contributed by atoms with Crippen LogP contribution in [0.25, 0.3) is 17.4 Å². The fraction of sp³-hybridized carbons (Fsp3) is 0.535. The number of carbonyl (C=O) groups is 1. The van der Waals surface area contributed by atoms with Crippen LogP contribution in [0.1, 0.15) is 63.5 Å². The quantitative estimate of drug-likeness (QED) is 0.0335. The van der Waals surface area contributed by atoms with Crippen molar-refractivity contribution in [1.29, 1.82) is 0 Å². The molecule has 0 saturated heterocycles. The van der Waals surface area contributed by atoms with Crippen molar-refractivity contribution in [3.05, 3.63) is 83.1 Å². The third kappa shape index (κ3) is 18.7. The van der Waals surface area contributed by atoms with Crippen LogP contribution >= 0.6 is 0 Å². The first-order valence-corrected chi connectivity index (χ1v) is 23.6. The average Bonchev–Trinajstić information content (AvgIpc) is 3.44. The van der Waals surface area contributed by atoms with Crippen LogP contribution in [-0.4, -0.2) is 129 Å². The molecule has 4 rings (SSSR count). The smallest absolute Gasteiger partial charge is 0.481 e. The Kier molecular flexibility index (Phi) is 26.2. The molecular weight excluding hydrogens is 879 g/mol. The van der Waals surface area contributed by atoms with E-state index in [9.17, 15) is 31.3 Å². The van der Waals surface area contributed by atoms with Gasteiger partial charge < -0.3 is 38.1 Å². The van der Waals surface area contributed by atoms with Gasteiger partial charge in [0, 0.05) is 61.5 Å². The SMILES string of the molecule is CC[N+](CCCS(=O)(=O)O)=c1ccc2c(/C=C/C=C3/N(CCCCCC(=O)O)c4ccc(S(=O)(=O)O)cc4C3(C)CCOCCOCCOCCOCCOC)ccoc-2c1.[Na+].[Na+]. The summed E-state index contributed by atoms with van der Waals surface area (Å²) in [6.07, 6.45) is 10.2. The first-order valence-electron chi connectivity index (χ1n) is 20.5. The number of aliphatic carboxylic acids is 1. The van der Waals surface area contributed by atoms with Crippen molar-refractivity contribution < 1.29 is 123 Å². The largest absolute Gasteiger partial charge is 1.00 e. The van der Waals surface area contributed by atoms with E-state index in [0.29, 0.717) is 116 Å². The number of hydrogen-bond acceptors (Lipinski definition) is 12. The molecule has 3 aliphatic rings. The maximum atomic E-state index is 12.4. The molecule has 0 radical (unpaired) electrons. The Morgan fingerprint density at radius 2 is 1.49 bits per heavy atom. The molecule has 0 amide bonds. The van der Waals surface area contributed by atoms with Gasteiger partial charge >= 0.3 is 65.1 Å². The van der Waals surface area contributed by atoms with E-state index in [0.717, 1.165) is 27.9 Å². The predicted octanol–water partition coefficient (Wildman–Crippen LogP) is -0.868. The van der Waals surface area contributed by atoms with Crippen LogP contribution in [0.2, 0.25) is 0 Å². The Balaban J connectivity index is 0.00000683.